The summed E-state index contributed by atoms with van der Waals surface area (Å²) in [6, 6.07) is 14.2. The molecule has 2 aromatic rings. The average molecular weight is 383 g/mol. The fraction of sp³-hybridized carbons (Fsp3) is 0.409. The van der Waals surface area contributed by atoms with Crippen molar-refractivity contribution in [1.29, 1.82) is 0 Å². The number of methoxy groups -OCH3 is 2. The summed E-state index contributed by atoms with van der Waals surface area (Å²) >= 11 is 0. The summed E-state index contributed by atoms with van der Waals surface area (Å²) in [5.41, 5.74) is 3.51. The van der Waals surface area contributed by atoms with Gasteiger partial charge >= 0.3 is 6.03 Å². The van der Waals surface area contributed by atoms with Crippen LogP contribution in [0, 0.1) is 6.92 Å². The van der Waals surface area contributed by atoms with Crippen LogP contribution < -0.4 is 14.8 Å². The largest absolute Gasteiger partial charge is 0.493 e. The van der Waals surface area contributed by atoms with E-state index in [2.05, 4.69) is 35.3 Å². The van der Waals surface area contributed by atoms with Crippen molar-refractivity contribution in [3.05, 3.63) is 59.2 Å². The van der Waals surface area contributed by atoms with Crippen LogP contribution in [0.1, 0.15) is 16.7 Å². The van der Waals surface area contributed by atoms with Gasteiger partial charge in [-0.05, 0) is 30.2 Å². The Hall–Kier alpha value is -2.73. The number of piperazine rings is 1. The zero-order valence-corrected chi connectivity index (χ0v) is 16.9. The molecule has 0 aliphatic carbocycles. The van der Waals surface area contributed by atoms with Crippen LogP contribution in [-0.2, 0) is 13.1 Å². The molecule has 0 spiro atoms. The number of carbonyl (C=O) groups is 1. The number of nitrogens with zero attached hydrogens (tertiary/aromatic N) is 2. The highest BCUT2D eigenvalue weighted by molar-refractivity contribution is 5.74. The van der Waals surface area contributed by atoms with E-state index in [-0.39, 0.29) is 6.03 Å². The van der Waals surface area contributed by atoms with E-state index in [4.69, 9.17) is 9.47 Å². The van der Waals surface area contributed by atoms with E-state index >= 15 is 0 Å². The molecule has 6 nitrogen and oxygen atoms in total. The molecular weight excluding hydrogens is 354 g/mol. The van der Waals surface area contributed by atoms with Crippen molar-refractivity contribution in [2.24, 2.45) is 0 Å². The van der Waals surface area contributed by atoms with Crippen molar-refractivity contribution in [3.63, 3.8) is 0 Å². The number of nitrogens with one attached hydrogen (secondary N) is 1. The fourth-order valence-corrected chi connectivity index (χ4v) is 3.46. The number of carbonyl (C=O) groups excluding carboxylic acids is 1. The second-order valence-corrected chi connectivity index (χ2v) is 7.10. The predicted octanol–water partition coefficient (Wildman–Crippen LogP) is 3.04. The lowest BCUT2D eigenvalue weighted by Gasteiger charge is -2.34. The zero-order valence-electron chi connectivity index (χ0n) is 16.9. The Morgan fingerprint density at radius 1 is 0.964 bits per heavy atom. The lowest BCUT2D eigenvalue weighted by molar-refractivity contribution is 0.135. The summed E-state index contributed by atoms with van der Waals surface area (Å²) in [7, 11) is 3.29. The Bertz CT molecular complexity index is 801. The third-order valence-corrected chi connectivity index (χ3v) is 5.04. The minimum atomic E-state index is 0.00673. The summed E-state index contributed by atoms with van der Waals surface area (Å²) < 4.78 is 10.7. The van der Waals surface area contributed by atoms with Gasteiger partial charge in [0.25, 0.3) is 0 Å². The van der Waals surface area contributed by atoms with Gasteiger partial charge in [-0.2, -0.15) is 0 Å². The number of rotatable bonds is 6. The van der Waals surface area contributed by atoms with E-state index in [1.807, 2.05) is 29.2 Å². The third-order valence-electron chi connectivity index (χ3n) is 5.04. The first-order chi connectivity index (χ1) is 13.6. The summed E-state index contributed by atoms with van der Waals surface area (Å²) in [6.07, 6.45) is 0. The number of urea groups is 1. The molecule has 0 aromatic heterocycles. The van der Waals surface area contributed by atoms with E-state index < -0.39 is 0 Å². The highest BCUT2D eigenvalue weighted by Gasteiger charge is 2.21. The molecule has 2 amide bonds. The molecule has 1 heterocycles. The van der Waals surface area contributed by atoms with Crippen LogP contribution in [0.5, 0.6) is 11.5 Å². The lowest BCUT2D eigenvalue weighted by Crippen LogP contribution is -2.51. The van der Waals surface area contributed by atoms with Crippen LogP contribution >= 0.6 is 0 Å². The van der Waals surface area contributed by atoms with Crippen LogP contribution in [0.2, 0.25) is 0 Å². The Balaban J connectivity index is 1.47. The Labute approximate surface area is 167 Å². The first kappa shape index (κ1) is 20.0. The molecule has 0 atom stereocenters. The molecule has 0 radical (unpaired) electrons. The maximum Gasteiger partial charge on any atom is 0.317 e. The highest BCUT2D eigenvalue weighted by Crippen LogP contribution is 2.28. The number of benzene rings is 2. The molecule has 1 saturated heterocycles. The van der Waals surface area contributed by atoms with Crippen molar-refractivity contribution in [3.8, 4) is 11.5 Å². The quantitative estimate of drug-likeness (QED) is 0.833. The van der Waals surface area contributed by atoms with E-state index in [0.29, 0.717) is 6.54 Å². The van der Waals surface area contributed by atoms with Crippen LogP contribution in [0.4, 0.5) is 4.79 Å². The van der Waals surface area contributed by atoms with Crippen LogP contribution in [-0.4, -0.2) is 56.2 Å². The molecule has 3 rings (SSSR count). The molecule has 28 heavy (non-hydrogen) atoms. The molecule has 1 fully saturated rings. The maximum absolute atomic E-state index is 12.4. The maximum atomic E-state index is 12.4. The molecule has 150 valence electrons. The van der Waals surface area contributed by atoms with Crippen LogP contribution in [0.15, 0.2) is 42.5 Å². The lowest BCUT2D eigenvalue weighted by atomic mass is 10.1. The third kappa shape index (κ3) is 5.16. The molecule has 2 aromatic carbocycles. The Morgan fingerprint density at radius 2 is 1.71 bits per heavy atom. The van der Waals surface area contributed by atoms with E-state index in [0.717, 1.165) is 49.8 Å². The highest BCUT2D eigenvalue weighted by atomic mass is 16.5. The fourth-order valence-electron chi connectivity index (χ4n) is 3.46. The standard InChI is InChI=1S/C22H29N3O3/c1-17-5-4-6-18(13-17)15-23-22(26)25-11-9-24(10-12-25)16-19-7-8-20(27-2)21(14-19)28-3/h4-8,13-14H,9-12,15-16H2,1-3H3,(H,23,26). The van der Waals surface area contributed by atoms with Crippen molar-refractivity contribution < 1.29 is 14.3 Å². The van der Waals surface area contributed by atoms with Gasteiger partial charge in [-0.3, -0.25) is 4.90 Å². The SMILES string of the molecule is COc1ccc(CN2CCN(C(=O)NCc3cccc(C)c3)CC2)cc1OC. The topological polar surface area (TPSA) is 54.0 Å². The minimum absolute atomic E-state index is 0.00673. The predicted molar refractivity (Wildman–Crippen MR) is 110 cm³/mol. The first-order valence-electron chi connectivity index (χ1n) is 9.60. The monoisotopic (exact) mass is 383 g/mol. The van der Waals surface area contributed by atoms with Crippen LogP contribution in [0.25, 0.3) is 0 Å². The van der Waals surface area contributed by atoms with Gasteiger partial charge in [0.1, 0.15) is 0 Å². The van der Waals surface area contributed by atoms with Gasteiger partial charge in [-0.25, -0.2) is 4.79 Å². The molecule has 1 N–H and O–H groups in total. The summed E-state index contributed by atoms with van der Waals surface area (Å²) in [5.74, 6) is 1.48. The second-order valence-electron chi connectivity index (χ2n) is 7.10. The normalized spacial score (nSPS) is 14.6. The van der Waals surface area contributed by atoms with Gasteiger partial charge in [-0.15, -0.1) is 0 Å². The van der Waals surface area contributed by atoms with Crippen LogP contribution in [0.3, 0.4) is 0 Å². The van der Waals surface area contributed by atoms with Gasteiger partial charge < -0.3 is 19.7 Å². The van der Waals surface area contributed by atoms with E-state index in [1.165, 1.54) is 11.1 Å². The minimum Gasteiger partial charge on any atom is -0.493 e. The molecule has 0 bridgehead atoms. The first-order valence-corrected chi connectivity index (χ1v) is 9.60. The van der Waals surface area contributed by atoms with Gasteiger partial charge in [0.15, 0.2) is 11.5 Å². The molecule has 0 unspecified atom stereocenters. The number of aryl methyl sites for hydroxylation is 1. The average Bonchev–Trinajstić information content (AvgIpc) is 2.72. The van der Waals surface area contributed by atoms with Gasteiger partial charge in [0.05, 0.1) is 14.2 Å². The van der Waals surface area contributed by atoms with Crippen molar-refractivity contribution in [2.75, 3.05) is 40.4 Å². The number of amides is 2. The van der Waals surface area contributed by atoms with Gasteiger partial charge in [0, 0.05) is 39.3 Å². The number of hydrogen-bond acceptors (Lipinski definition) is 4. The van der Waals surface area contributed by atoms with E-state index in [9.17, 15) is 4.79 Å². The summed E-state index contributed by atoms with van der Waals surface area (Å²) in [6.45, 7) is 6.62. The van der Waals surface area contributed by atoms with Gasteiger partial charge in [0.2, 0.25) is 0 Å². The number of ether oxygens (including phenoxy) is 2. The summed E-state index contributed by atoms with van der Waals surface area (Å²) in [5, 5.41) is 3.03. The summed E-state index contributed by atoms with van der Waals surface area (Å²) in [4.78, 5) is 16.7. The molecule has 0 saturated carbocycles. The molecule has 1 aliphatic rings. The molecule has 1 aliphatic heterocycles. The Kier molecular flexibility index (Phi) is 6.76. The number of hydrogen-bond donors (Lipinski definition) is 1. The zero-order chi connectivity index (χ0) is 19.9. The second kappa shape index (κ2) is 9.46. The smallest absolute Gasteiger partial charge is 0.317 e. The Morgan fingerprint density at radius 3 is 2.39 bits per heavy atom. The van der Waals surface area contributed by atoms with E-state index in [1.54, 1.807) is 14.2 Å². The van der Waals surface area contributed by atoms with Crippen molar-refractivity contribution in [2.45, 2.75) is 20.0 Å². The van der Waals surface area contributed by atoms with Gasteiger partial charge in [-0.1, -0.05) is 35.9 Å². The van der Waals surface area contributed by atoms with Crippen molar-refractivity contribution >= 4 is 6.03 Å². The molecule has 6 heteroatoms. The molecular formula is C22H29N3O3. The van der Waals surface area contributed by atoms with Crippen molar-refractivity contribution in [1.82, 2.24) is 15.1 Å².